The van der Waals surface area contributed by atoms with Gasteiger partial charge in [0.2, 0.25) is 5.88 Å². The molecule has 0 fully saturated rings. The van der Waals surface area contributed by atoms with Crippen LogP contribution in [0.1, 0.15) is 0 Å². The monoisotopic (exact) mass is 186 g/mol. The van der Waals surface area contributed by atoms with Gasteiger partial charge in [-0.1, -0.05) is 11.6 Å². The van der Waals surface area contributed by atoms with Crippen LogP contribution < -0.4 is 9.39 Å². The number of hydrogen-bond donors (Lipinski definition) is 1. The molecular weight excluding hydrogens is 180 g/mol. The van der Waals surface area contributed by atoms with Crippen LogP contribution in [0.3, 0.4) is 0 Å². The molecule has 0 saturated heterocycles. The molecule has 12 heavy (non-hydrogen) atoms. The first-order valence-electron chi connectivity index (χ1n) is 3.10. The molecule has 1 heterocycles. The molecule has 0 unspecified atom stereocenters. The molecule has 6 heteroatoms. The summed E-state index contributed by atoms with van der Waals surface area (Å²) >= 11 is 5.70. The third-order valence-electron chi connectivity index (χ3n) is 1.16. The summed E-state index contributed by atoms with van der Waals surface area (Å²) in [6.07, 6.45) is 1.39. The van der Waals surface area contributed by atoms with Gasteiger partial charge < -0.3 is 14.4 Å². The molecule has 1 N–H and O–H groups in total. The highest BCUT2D eigenvalue weighted by Gasteiger charge is 2.03. The van der Waals surface area contributed by atoms with Gasteiger partial charge in [-0.3, -0.25) is 0 Å². The summed E-state index contributed by atoms with van der Waals surface area (Å²) in [6, 6.07) is 1.49. The number of halogens is 1. The molecule has 0 aliphatic heterocycles. The Hall–Kier alpha value is -0.935. The molecule has 0 aliphatic carbocycles. The first kappa shape index (κ1) is 9.16. The van der Waals surface area contributed by atoms with Crippen molar-refractivity contribution >= 4 is 19.3 Å². The van der Waals surface area contributed by atoms with Crippen LogP contribution in [-0.4, -0.2) is 24.8 Å². The van der Waals surface area contributed by atoms with E-state index in [1.807, 2.05) is 0 Å². The Bertz CT molecular complexity index is 271. The van der Waals surface area contributed by atoms with Gasteiger partial charge in [-0.2, -0.15) is 0 Å². The van der Waals surface area contributed by atoms with Gasteiger partial charge in [-0.05, 0) is 0 Å². The smallest absolute Gasteiger partial charge is 0.536 e. The largest absolute Gasteiger partial charge is 0.569 e. The van der Waals surface area contributed by atoms with E-state index in [2.05, 4.69) is 9.64 Å². The highest BCUT2D eigenvalue weighted by Crippen LogP contribution is 2.24. The van der Waals surface area contributed by atoms with E-state index in [-0.39, 0.29) is 0 Å². The third kappa shape index (κ3) is 2.02. The summed E-state index contributed by atoms with van der Waals surface area (Å²) < 4.78 is 9.42. The maximum absolute atomic E-state index is 8.29. The van der Waals surface area contributed by atoms with Crippen molar-refractivity contribution < 1.29 is 14.4 Å². The van der Waals surface area contributed by atoms with Gasteiger partial charge in [0.15, 0.2) is 0 Å². The van der Waals surface area contributed by atoms with Crippen LogP contribution in [0.25, 0.3) is 0 Å². The molecule has 4 nitrogen and oxygen atoms in total. The first-order chi connectivity index (χ1) is 5.77. The number of nitrogens with zero attached hydrogens (tertiary/aromatic N) is 1. The zero-order valence-electron chi connectivity index (χ0n) is 6.32. The van der Waals surface area contributed by atoms with Gasteiger partial charge in [0.05, 0.1) is 13.3 Å². The predicted molar refractivity (Wildman–Crippen MR) is 44.4 cm³/mol. The van der Waals surface area contributed by atoms with Gasteiger partial charge in [-0.25, -0.2) is 4.98 Å². The summed E-state index contributed by atoms with van der Waals surface area (Å²) in [7, 11) is 2.02. The summed E-state index contributed by atoms with van der Waals surface area (Å²) in [4.78, 5) is 3.81. The van der Waals surface area contributed by atoms with Crippen molar-refractivity contribution in [2.45, 2.75) is 0 Å². The summed E-state index contributed by atoms with van der Waals surface area (Å²) in [5.41, 5.74) is 0. The minimum absolute atomic E-state index is 0.321. The standard InChI is InChI=1S/C6H6BClNO3/c1-11-6-5(8)2-4(3-9-6)12-7-10/h2-3,10H,1H3. The Morgan fingerprint density at radius 2 is 2.42 bits per heavy atom. The maximum atomic E-state index is 8.29. The third-order valence-corrected chi connectivity index (χ3v) is 1.44. The molecule has 0 bridgehead atoms. The number of hydrogen-bond acceptors (Lipinski definition) is 4. The van der Waals surface area contributed by atoms with Crippen molar-refractivity contribution in [3.8, 4) is 11.6 Å². The molecule has 63 valence electrons. The number of aromatic nitrogens is 1. The van der Waals surface area contributed by atoms with E-state index >= 15 is 0 Å². The minimum Gasteiger partial charge on any atom is -0.536 e. The van der Waals surface area contributed by atoms with Crippen LogP contribution in [0.4, 0.5) is 0 Å². The van der Waals surface area contributed by atoms with Gasteiger partial charge in [0.1, 0.15) is 10.8 Å². The topological polar surface area (TPSA) is 51.6 Å². The first-order valence-corrected chi connectivity index (χ1v) is 3.48. The van der Waals surface area contributed by atoms with Gasteiger partial charge in [-0.15, -0.1) is 0 Å². The minimum atomic E-state index is 0.321. The SMILES string of the molecule is COc1ncc(O[B]O)cc1Cl. The lowest BCUT2D eigenvalue weighted by Crippen LogP contribution is -2.00. The number of ether oxygens (including phenoxy) is 1. The Morgan fingerprint density at radius 3 is 2.92 bits per heavy atom. The lowest BCUT2D eigenvalue weighted by molar-refractivity contribution is 0.395. The molecule has 1 rings (SSSR count). The zero-order valence-corrected chi connectivity index (χ0v) is 7.08. The predicted octanol–water partition coefficient (Wildman–Crippen LogP) is 0.649. The zero-order chi connectivity index (χ0) is 8.97. The maximum Gasteiger partial charge on any atom is 0.569 e. The van der Waals surface area contributed by atoms with Crippen molar-refractivity contribution in [3.05, 3.63) is 17.3 Å². The highest BCUT2D eigenvalue weighted by molar-refractivity contribution is 6.32. The lowest BCUT2D eigenvalue weighted by atomic mass is 10.4. The van der Waals surface area contributed by atoms with E-state index in [0.29, 0.717) is 24.3 Å². The quantitative estimate of drug-likeness (QED) is 0.704. The Morgan fingerprint density at radius 1 is 1.67 bits per heavy atom. The molecule has 0 aliphatic rings. The fourth-order valence-electron chi connectivity index (χ4n) is 0.683. The van der Waals surface area contributed by atoms with Crippen LogP contribution in [0.5, 0.6) is 11.6 Å². The van der Waals surface area contributed by atoms with Crippen LogP contribution in [-0.2, 0) is 0 Å². The normalized spacial score (nSPS) is 9.25. The van der Waals surface area contributed by atoms with Crippen LogP contribution in [0, 0.1) is 0 Å². The van der Waals surface area contributed by atoms with Crippen LogP contribution in [0.15, 0.2) is 12.3 Å². The molecule has 0 aromatic carbocycles. The average Bonchev–Trinajstić information content (AvgIpc) is 2.05. The van der Waals surface area contributed by atoms with E-state index in [9.17, 15) is 0 Å². The van der Waals surface area contributed by atoms with E-state index in [4.69, 9.17) is 21.4 Å². The number of pyridine rings is 1. The van der Waals surface area contributed by atoms with Crippen molar-refractivity contribution in [3.63, 3.8) is 0 Å². The van der Waals surface area contributed by atoms with Crippen LogP contribution >= 0.6 is 11.6 Å². The molecule has 1 aromatic rings. The van der Waals surface area contributed by atoms with Crippen molar-refractivity contribution in [1.29, 1.82) is 0 Å². The Labute approximate surface area is 75.4 Å². The van der Waals surface area contributed by atoms with E-state index in [0.717, 1.165) is 0 Å². The fraction of sp³-hybridized carbons (Fsp3) is 0.167. The lowest BCUT2D eigenvalue weighted by Gasteiger charge is -2.03. The average molecular weight is 186 g/mol. The summed E-state index contributed by atoms with van der Waals surface area (Å²) in [5.74, 6) is 0.672. The van der Waals surface area contributed by atoms with Gasteiger partial charge >= 0.3 is 7.69 Å². The molecule has 0 saturated carbocycles. The van der Waals surface area contributed by atoms with E-state index in [1.54, 1.807) is 0 Å². The highest BCUT2D eigenvalue weighted by atomic mass is 35.5. The summed E-state index contributed by atoms with van der Waals surface area (Å²) in [6.45, 7) is 0. The molecule has 0 amide bonds. The van der Waals surface area contributed by atoms with Gasteiger partial charge in [0, 0.05) is 6.07 Å². The Kier molecular flexibility index (Phi) is 3.19. The summed E-state index contributed by atoms with van der Waals surface area (Å²) in [5, 5.41) is 8.62. The van der Waals surface area contributed by atoms with Gasteiger partial charge in [0.25, 0.3) is 0 Å². The molecule has 1 radical (unpaired) electrons. The van der Waals surface area contributed by atoms with Crippen molar-refractivity contribution in [1.82, 2.24) is 4.98 Å². The molecule has 1 aromatic heterocycles. The number of rotatable bonds is 3. The molecule has 0 spiro atoms. The van der Waals surface area contributed by atoms with Crippen molar-refractivity contribution in [2.75, 3.05) is 7.11 Å². The molecule has 0 atom stereocenters. The second-order valence-electron chi connectivity index (χ2n) is 1.89. The second-order valence-corrected chi connectivity index (χ2v) is 2.29. The van der Waals surface area contributed by atoms with Crippen LogP contribution in [0.2, 0.25) is 5.02 Å². The van der Waals surface area contributed by atoms with Crippen molar-refractivity contribution in [2.24, 2.45) is 0 Å². The molecular formula is C6H6BClNO3. The number of methoxy groups -OCH3 is 1. The Balaban J connectivity index is 2.86. The van der Waals surface area contributed by atoms with E-state index in [1.165, 1.54) is 19.4 Å². The fourth-order valence-corrected chi connectivity index (χ4v) is 0.917. The second kappa shape index (κ2) is 4.18. The van der Waals surface area contributed by atoms with E-state index < -0.39 is 0 Å².